The van der Waals surface area contributed by atoms with Crippen molar-refractivity contribution < 1.29 is 13.2 Å². The summed E-state index contributed by atoms with van der Waals surface area (Å²) in [5.41, 5.74) is 1.97. The Bertz CT molecular complexity index is 1090. The Morgan fingerprint density at radius 1 is 1.42 bits per heavy atom. The molecular formula is C15H16ClN5O3S2. The van der Waals surface area contributed by atoms with E-state index in [1.54, 1.807) is 17.8 Å². The highest BCUT2D eigenvalue weighted by Crippen LogP contribution is 2.27. The first-order valence-electron chi connectivity index (χ1n) is 7.49. The van der Waals surface area contributed by atoms with E-state index in [4.69, 9.17) is 11.6 Å². The number of carbonyl (C=O) groups is 1. The molecule has 0 fully saturated rings. The molecule has 0 aliphatic carbocycles. The first kappa shape index (κ1) is 18.8. The number of rotatable bonds is 5. The van der Waals surface area contributed by atoms with Crippen molar-refractivity contribution in [1.82, 2.24) is 19.1 Å². The lowest BCUT2D eigenvalue weighted by Gasteiger charge is -2.15. The molecule has 0 bridgehead atoms. The Kier molecular flexibility index (Phi) is 5.02. The molecule has 0 saturated carbocycles. The summed E-state index contributed by atoms with van der Waals surface area (Å²) in [5, 5.41) is 7.75. The second-order valence-corrected chi connectivity index (χ2v) is 9.66. The third-order valence-corrected chi connectivity index (χ3v) is 7.23. The molecule has 0 spiro atoms. The molecule has 3 rings (SSSR count). The van der Waals surface area contributed by atoms with Crippen LogP contribution in [0.5, 0.6) is 0 Å². The molecule has 138 valence electrons. The Balaban J connectivity index is 1.73. The quantitative estimate of drug-likeness (QED) is 0.691. The fraction of sp³-hybridized carbons (Fsp3) is 0.267. The number of thiophene rings is 1. The number of nitrogens with zero attached hydrogens (tertiary/aromatic N) is 4. The summed E-state index contributed by atoms with van der Waals surface area (Å²) in [6, 6.07) is 4.68. The third-order valence-electron chi connectivity index (χ3n) is 3.73. The van der Waals surface area contributed by atoms with Gasteiger partial charge in [-0.2, -0.15) is 9.40 Å². The van der Waals surface area contributed by atoms with Crippen LogP contribution in [0.2, 0.25) is 4.34 Å². The minimum atomic E-state index is -3.77. The number of pyridine rings is 1. The van der Waals surface area contributed by atoms with Gasteiger partial charge >= 0.3 is 0 Å². The molecule has 0 aliphatic rings. The van der Waals surface area contributed by atoms with Crippen molar-refractivity contribution in [3.63, 3.8) is 0 Å². The van der Waals surface area contributed by atoms with Gasteiger partial charge in [-0.15, -0.1) is 11.3 Å². The molecular weight excluding hydrogens is 398 g/mol. The number of aromatic nitrogens is 3. The molecule has 0 atom stereocenters. The van der Waals surface area contributed by atoms with Crippen molar-refractivity contribution >= 4 is 55.6 Å². The van der Waals surface area contributed by atoms with Crippen molar-refractivity contribution in [1.29, 1.82) is 0 Å². The fourth-order valence-electron chi connectivity index (χ4n) is 2.45. The van der Waals surface area contributed by atoms with Crippen molar-refractivity contribution in [3.8, 4) is 0 Å². The number of aryl methyl sites for hydroxylation is 2. The molecule has 0 unspecified atom stereocenters. The van der Waals surface area contributed by atoms with E-state index >= 15 is 0 Å². The van der Waals surface area contributed by atoms with Crippen LogP contribution in [-0.2, 0) is 21.9 Å². The van der Waals surface area contributed by atoms with Gasteiger partial charge in [0.15, 0.2) is 5.65 Å². The maximum absolute atomic E-state index is 12.4. The SMILES string of the molecule is Cc1nn(C)c2ncc(NC(=O)CN(C)S(=O)(=O)c3ccc(Cl)s3)cc12. The maximum Gasteiger partial charge on any atom is 0.252 e. The summed E-state index contributed by atoms with van der Waals surface area (Å²) in [6.45, 7) is 1.52. The largest absolute Gasteiger partial charge is 0.324 e. The summed E-state index contributed by atoms with van der Waals surface area (Å²) in [5.74, 6) is -0.471. The first-order valence-corrected chi connectivity index (χ1v) is 10.1. The van der Waals surface area contributed by atoms with Crippen LogP contribution < -0.4 is 5.32 Å². The number of carbonyl (C=O) groups excluding carboxylic acids is 1. The predicted molar refractivity (Wildman–Crippen MR) is 101 cm³/mol. The lowest BCUT2D eigenvalue weighted by Crippen LogP contribution is -2.34. The van der Waals surface area contributed by atoms with Crippen LogP contribution in [-0.4, -0.2) is 47.0 Å². The van der Waals surface area contributed by atoms with Gasteiger partial charge in [-0.25, -0.2) is 13.4 Å². The van der Waals surface area contributed by atoms with Gasteiger partial charge in [0.2, 0.25) is 5.91 Å². The van der Waals surface area contributed by atoms with Crippen molar-refractivity contribution in [2.75, 3.05) is 18.9 Å². The van der Waals surface area contributed by atoms with E-state index in [1.807, 2.05) is 6.92 Å². The van der Waals surface area contributed by atoms with Gasteiger partial charge < -0.3 is 5.32 Å². The Labute approximate surface area is 159 Å². The van der Waals surface area contributed by atoms with E-state index in [-0.39, 0.29) is 10.8 Å². The van der Waals surface area contributed by atoms with Crippen molar-refractivity contribution in [2.24, 2.45) is 7.05 Å². The number of fused-ring (bicyclic) bond motifs is 1. The van der Waals surface area contributed by atoms with E-state index < -0.39 is 15.9 Å². The van der Waals surface area contributed by atoms with Crippen LogP contribution >= 0.6 is 22.9 Å². The first-order chi connectivity index (χ1) is 12.2. The van der Waals surface area contributed by atoms with Gasteiger partial charge in [-0.1, -0.05) is 11.6 Å². The Morgan fingerprint density at radius 3 is 2.81 bits per heavy atom. The van der Waals surface area contributed by atoms with Crippen LogP contribution in [0.25, 0.3) is 11.0 Å². The lowest BCUT2D eigenvalue weighted by molar-refractivity contribution is -0.116. The molecule has 1 amide bonds. The van der Waals surface area contributed by atoms with E-state index in [9.17, 15) is 13.2 Å². The number of halogens is 1. The highest BCUT2D eigenvalue weighted by Gasteiger charge is 2.24. The number of amides is 1. The van der Waals surface area contributed by atoms with Crippen LogP contribution in [0, 0.1) is 6.92 Å². The summed E-state index contributed by atoms with van der Waals surface area (Å²) >= 11 is 6.73. The molecule has 11 heteroatoms. The molecule has 0 aromatic carbocycles. The number of likely N-dealkylation sites (N-methyl/N-ethyl adjacent to an activating group) is 1. The number of sulfonamides is 1. The summed E-state index contributed by atoms with van der Waals surface area (Å²) in [6.07, 6.45) is 1.51. The normalized spacial score (nSPS) is 12.0. The summed E-state index contributed by atoms with van der Waals surface area (Å²) < 4.78 is 28.0. The minimum absolute atomic E-state index is 0.0897. The van der Waals surface area contributed by atoms with Crippen LogP contribution in [0.1, 0.15) is 5.69 Å². The summed E-state index contributed by atoms with van der Waals surface area (Å²) in [4.78, 5) is 16.5. The molecule has 3 aromatic heterocycles. The maximum atomic E-state index is 12.4. The molecule has 0 aliphatic heterocycles. The third kappa shape index (κ3) is 3.58. The number of hydrogen-bond acceptors (Lipinski definition) is 6. The van der Waals surface area contributed by atoms with Gasteiger partial charge in [0.05, 0.1) is 28.5 Å². The minimum Gasteiger partial charge on any atom is -0.324 e. The van der Waals surface area contributed by atoms with Crippen LogP contribution in [0.4, 0.5) is 5.69 Å². The number of nitrogens with one attached hydrogen (secondary N) is 1. The second kappa shape index (κ2) is 6.95. The molecule has 1 N–H and O–H groups in total. The number of anilines is 1. The smallest absolute Gasteiger partial charge is 0.252 e. The summed E-state index contributed by atoms with van der Waals surface area (Å²) in [7, 11) is -0.635. The molecule has 8 nitrogen and oxygen atoms in total. The van der Waals surface area contributed by atoms with Crippen molar-refractivity contribution in [3.05, 3.63) is 34.4 Å². The average molecular weight is 414 g/mol. The van der Waals surface area contributed by atoms with Gasteiger partial charge in [-0.3, -0.25) is 9.48 Å². The zero-order chi connectivity index (χ0) is 19.1. The standard InChI is InChI=1S/C15H16ClN5O3S2/c1-9-11-6-10(7-17-15(11)21(3)19-9)18-13(22)8-20(2)26(23,24)14-5-4-12(16)25-14/h4-7H,8H2,1-3H3,(H,18,22). The molecule has 3 aromatic rings. The van der Waals surface area contributed by atoms with E-state index in [1.165, 1.54) is 25.4 Å². The topological polar surface area (TPSA) is 97.2 Å². The zero-order valence-electron chi connectivity index (χ0n) is 14.2. The van der Waals surface area contributed by atoms with Gasteiger partial charge in [-0.05, 0) is 25.1 Å². The van der Waals surface area contributed by atoms with Crippen LogP contribution in [0.15, 0.2) is 28.6 Å². The predicted octanol–water partition coefficient (Wildman–Crippen LogP) is 2.25. The van der Waals surface area contributed by atoms with Crippen molar-refractivity contribution in [2.45, 2.75) is 11.1 Å². The monoisotopic (exact) mass is 413 g/mol. The highest BCUT2D eigenvalue weighted by atomic mass is 35.5. The van der Waals surface area contributed by atoms with Gasteiger partial charge in [0.25, 0.3) is 10.0 Å². The number of hydrogen-bond donors (Lipinski definition) is 1. The Hall–Kier alpha value is -2.01. The van der Waals surface area contributed by atoms with E-state index in [2.05, 4.69) is 15.4 Å². The van der Waals surface area contributed by atoms with Gasteiger partial charge in [0, 0.05) is 19.5 Å². The molecule has 0 saturated heterocycles. The molecule has 26 heavy (non-hydrogen) atoms. The highest BCUT2D eigenvalue weighted by molar-refractivity contribution is 7.91. The Morgan fingerprint density at radius 2 is 2.15 bits per heavy atom. The van der Waals surface area contributed by atoms with Gasteiger partial charge in [0.1, 0.15) is 4.21 Å². The average Bonchev–Trinajstić information content (AvgIpc) is 3.12. The molecule has 3 heterocycles. The van der Waals surface area contributed by atoms with E-state index in [0.717, 1.165) is 26.7 Å². The molecule has 0 radical (unpaired) electrons. The van der Waals surface area contributed by atoms with Crippen LogP contribution in [0.3, 0.4) is 0 Å². The fourth-order valence-corrected chi connectivity index (χ4v) is 5.27. The lowest BCUT2D eigenvalue weighted by atomic mass is 10.2. The zero-order valence-corrected chi connectivity index (χ0v) is 16.6. The van der Waals surface area contributed by atoms with E-state index in [0.29, 0.717) is 15.7 Å². The second-order valence-electron chi connectivity index (χ2n) is 5.67.